The number of thiophene rings is 1. The number of sulfonamides is 1. The summed E-state index contributed by atoms with van der Waals surface area (Å²) in [6.45, 7) is 0.147. The highest BCUT2D eigenvalue weighted by molar-refractivity contribution is 7.89. The van der Waals surface area contributed by atoms with Crippen LogP contribution >= 0.6 is 11.3 Å². The van der Waals surface area contributed by atoms with Gasteiger partial charge in [-0.1, -0.05) is 30.3 Å². The van der Waals surface area contributed by atoms with Crippen molar-refractivity contribution in [3.63, 3.8) is 0 Å². The molecule has 2 aromatic carbocycles. The molecule has 1 N–H and O–H groups in total. The van der Waals surface area contributed by atoms with Crippen molar-refractivity contribution in [2.75, 3.05) is 0 Å². The van der Waals surface area contributed by atoms with Crippen LogP contribution in [0.2, 0.25) is 0 Å². The SMILES string of the molecule is O=S(=O)(NCc1cncc(-c2cccs2)c1)c1ccc(-c2ccc(F)cc2)cc1. The van der Waals surface area contributed by atoms with E-state index in [2.05, 4.69) is 9.71 Å². The Hall–Kier alpha value is -2.87. The van der Waals surface area contributed by atoms with Crippen molar-refractivity contribution in [2.24, 2.45) is 0 Å². The molecule has 0 aliphatic rings. The number of nitrogens with one attached hydrogen (secondary N) is 1. The van der Waals surface area contributed by atoms with Crippen LogP contribution in [0.15, 0.2) is 89.4 Å². The van der Waals surface area contributed by atoms with Gasteiger partial charge in [-0.05, 0) is 58.5 Å². The Bertz CT molecular complexity index is 1200. The highest BCUT2D eigenvalue weighted by Gasteiger charge is 2.14. The van der Waals surface area contributed by atoms with Crippen LogP contribution in [0.3, 0.4) is 0 Å². The zero-order chi connectivity index (χ0) is 20.3. The van der Waals surface area contributed by atoms with Gasteiger partial charge in [-0.2, -0.15) is 0 Å². The molecule has 0 spiro atoms. The number of nitrogens with zero attached hydrogens (tertiary/aromatic N) is 1. The Morgan fingerprint density at radius 1 is 0.897 bits per heavy atom. The zero-order valence-electron chi connectivity index (χ0n) is 15.2. The van der Waals surface area contributed by atoms with Gasteiger partial charge < -0.3 is 0 Å². The fourth-order valence-corrected chi connectivity index (χ4v) is 4.62. The van der Waals surface area contributed by atoms with E-state index < -0.39 is 10.0 Å². The molecule has 0 unspecified atom stereocenters. The summed E-state index contributed by atoms with van der Waals surface area (Å²) in [7, 11) is -3.67. The minimum atomic E-state index is -3.67. The molecular weight excluding hydrogens is 407 g/mol. The molecule has 0 aliphatic heterocycles. The molecule has 0 saturated heterocycles. The monoisotopic (exact) mass is 424 g/mol. The molecule has 146 valence electrons. The van der Waals surface area contributed by atoms with Crippen LogP contribution in [0, 0.1) is 5.82 Å². The van der Waals surface area contributed by atoms with E-state index in [4.69, 9.17) is 0 Å². The number of hydrogen-bond acceptors (Lipinski definition) is 4. The van der Waals surface area contributed by atoms with Gasteiger partial charge in [0.2, 0.25) is 10.0 Å². The summed E-state index contributed by atoms with van der Waals surface area (Å²) in [6.07, 6.45) is 3.41. The molecule has 0 fully saturated rings. The molecular formula is C22H17FN2O2S2. The van der Waals surface area contributed by atoms with Crippen molar-refractivity contribution in [1.29, 1.82) is 0 Å². The van der Waals surface area contributed by atoms with Crippen LogP contribution in [-0.4, -0.2) is 13.4 Å². The first-order chi connectivity index (χ1) is 14.0. The fraction of sp³-hybridized carbons (Fsp3) is 0.0455. The molecule has 0 saturated carbocycles. The second-order valence-electron chi connectivity index (χ2n) is 6.41. The van der Waals surface area contributed by atoms with Crippen molar-refractivity contribution in [1.82, 2.24) is 9.71 Å². The van der Waals surface area contributed by atoms with Crippen LogP contribution in [0.4, 0.5) is 4.39 Å². The molecule has 0 atom stereocenters. The van der Waals surface area contributed by atoms with Gasteiger partial charge in [0, 0.05) is 29.4 Å². The summed E-state index contributed by atoms with van der Waals surface area (Å²) in [6, 6.07) is 18.5. The molecule has 29 heavy (non-hydrogen) atoms. The van der Waals surface area contributed by atoms with E-state index in [0.29, 0.717) is 0 Å². The average molecular weight is 425 g/mol. The number of pyridine rings is 1. The van der Waals surface area contributed by atoms with Gasteiger partial charge in [0.1, 0.15) is 5.82 Å². The van der Waals surface area contributed by atoms with E-state index in [1.807, 2.05) is 23.6 Å². The molecule has 0 radical (unpaired) electrons. The first kappa shape index (κ1) is 19.4. The predicted octanol–water partition coefficient (Wildman–Crippen LogP) is 5.09. The highest BCUT2D eigenvalue weighted by atomic mass is 32.2. The van der Waals surface area contributed by atoms with E-state index in [1.165, 1.54) is 12.1 Å². The summed E-state index contributed by atoms with van der Waals surface area (Å²) in [5, 5.41) is 1.99. The Morgan fingerprint density at radius 2 is 1.59 bits per heavy atom. The number of hydrogen-bond donors (Lipinski definition) is 1. The third kappa shape index (κ3) is 4.59. The topological polar surface area (TPSA) is 59.1 Å². The lowest BCUT2D eigenvalue weighted by molar-refractivity contribution is 0.581. The number of benzene rings is 2. The Labute approximate surface area is 172 Å². The van der Waals surface area contributed by atoms with E-state index >= 15 is 0 Å². The second kappa shape index (κ2) is 8.24. The van der Waals surface area contributed by atoms with Crippen LogP contribution in [-0.2, 0) is 16.6 Å². The molecule has 0 aliphatic carbocycles. The maximum atomic E-state index is 13.1. The Kier molecular flexibility index (Phi) is 5.53. The molecule has 4 nitrogen and oxygen atoms in total. The largest absolute Gasteiger partial charge is 0.264 e. The third-order valence-corrected chi connectivity index (χ3v) is 6.75. The summed E-state index contributed by atoms with van der Waals surface area (Å²) in [4.78, 5) is 5.46. The van der Waals surface area contributed by atoms with Crippen molar-refractivity contribution in [3.8, 4) is 21.6 Å². The van der Waals surface area contributed by atoms with E-state index in [1.54, 1.807) is 60.1 Å². The van der Waals surface area contributed by atoms with Crippen LogP contribution in [0.5, 0.6) is 0 Å². The Balaban J connectivity index is 1.48. The average Bonchev–Trinajstić information content (AvgIpc) is 3.28. The number of rotatable bonds is 6. The van der Waals surface area contributed by atoms with Gasteiger partial charge in [-0.25, -0.2) is 17.5 Å². The number of halogens is 1. The molecule has 2 aromatic heterocycles. The van der Waals surface area contributed by atoms with Crippen LogP contribution < -0.4 is 4.72 Å². The third-order valence-electron chi connectivity index (χ3n) is 4.41. The van der Waals surface area contributed by atoms with Gasteiger partial charge in [-0.3, -0.25) is 4.98 Å². The lowest BCUT2D eigenvalue weighted by atomic mass is 10.1. The normalized spacial score (nSPS) is 11.5. The Morgan fingerprint density at radius 3 is 2.24 bits per heavy atom. The molecule has 4 rings (SSSR count). The summed E-state index contributed by atoms with van der Waals surface area (Å²) < 4.78 is 40.9. The number of aromatic nitrogens is 1. The van der Waals surface area contributed by atoms with E-state index in [0.717, 1.165) is 27.1 Å². The molecule has 2 heterocycles. The first-order valence-electron chi connectivity index (χ1n) is 8.85. The van der Waals surface area contributed by atoms with Gasteiger partial charge in [0.25, 0.3) is 0 Å². The summed E-state index contributed by atoms with van der Waals surface area (Å²) in [5.41, 5.74) is 3.37. The maximum absolute atomic E-state index is 13.1. The molecule has 4 aromatic rings. The smallest absolute Gasteiger partial charge is 0.240 e. The van der Waals surface area contributed by atoms with E-state index in [9.17, 15) is 12.8 Å². The van der Waals surface area contributed by atoms with Crippen LogP contribution in [0.25, 0.3) is 21.6 Å². The van der Waals surface area contributed by atoms with Crippen molar-refractivity contribution in [2.45, 2.75) is 11.4 Å². The van der Waals surface area contributed by atoms with Crippen molar-refractivity contribution < 1.29 is 12.8 Å². The lowest BCUT2D eigenvalue weighted by Gasteiger charge is -2.09. The molecule has 0 bridgehead atoms. The minimum Gasteiger partial charge on any atom is -0.264 e. The van der Waals surface area contributed by atoms with E-state index in [-0.39, 0.29) is 17.3 Å². The van der Waals surface area contributed by atoms with Gasteiger partial charge in [0.05, 0.1) is 4.90 Å². The molecule has 0 amide bonds. The summed E-state index contributed by atoms with van der Waals surface area (Å²) in [5.74, 6) is -0.310. The fourth-order valence-electron chi connectivity index (χ4n) is 2.89. The highest BCUT2D eigenvalue weighted by Crippen LogP contribution is 2.25. The van der Waals surface area contributed by atoms with Gasteiger partial charge in [-0.15, -0.1) is 11.3 Å². The van der Waals surface area contributed by atoms with Crippen molar-refractivity contribution >= 4 is 21.4 Å². The quantitative estimate of drug-likeness (QED) is 0.469. The first-order valence-corrected chi connectivity index (χ1v) is 11.2. The lowest BCUT2D eigenvalue weighted by Crippen LogP contribution is -2.23. The minimum absolute atomic E-state index is 0.147. The maximum Gasteiger partial charge on any atom is 0.240 e. The molecule has 7 heteroatoms. The van der Waals surface area contributed by atoms with Gasteiger partial charge >= 0.3 is 0 Å². The standard InChI is InChI=1S/C22H17FN2O2S2/c23-20-7-3-17(4-8-20)18-5-9-21(10-6-18)29(26,27)25-14-16-12-19(15-24-13-16)22-2-1-11-28-22/h1-13,15,25H,14H2. The summed E-state index contributed by atoms with van der Waals surface area (Å²) >= 11 is 1.61. The van der Waals surface area contributed by atoms with Crippen molar-refractivity contribution in [3.05, 3.63) is 95.9 Å². The zero-order valence-corrected chi connectivity index (χ0v) is 16.9. The van der Waals surface area contributed by atoms with Gasteiger partial charge in [0.15, 0.2) is 0 Å². The van der Waals surface area contributed by atoms with Crippen LogP contribution in [0.1, 0.15) is 5.56 Å². The second-order valence-corrected chi connectivity index (χ2v) is 9.13. The predicted molar refractivity (Wildman–Crippen MR) is 113 cm³/mol.